The lowest BCUT2D eigenvalue weighted by Crippen LogP contribution is -2.17. The summed E-state index contributed by atoms with van der Waals surface area (Å²) in [6, 6.07) is -0.341. The van der Waals surface area contributed by atoms with E-state index in [1.165, 1.54) is 0 Å². The fourth-order valence-corrected chi connectivity index (χ4v) is 2.62. The molecule has 2 unspecified atom stereocenters. The molecular formula is C10H13Cl2N3O2. The van der Waals surface area contributed by atoms with Crippen molar-refractivity contribution in [3.8, 4) is 0 Å². The normalized spacial score (nSPS) is 35.4. The molecule has 0 bridgehead atoms. The summed E-state index contributed by atoms with van der Waals surface area (Å²) in [4.78, 5) is 16.3. The van der Waals surface area contributed by atoms with E-state index in [2.05, 4.69) is 15.4 Å². The number of nitrogens with zero attached hydrogens (tertiary/aromatic N) is 3. The van der Waals surface area contributed by atoms with Gasteiger partial charge in [-0.05, 0) is 6.92 Å². The van der Waals surface area contributed by atoms with Crippen LogP contribution in [-0.4, -0.2) is 28.6 Å². The molecule has 0 aromatic carbocycles. The average molecular weight is 278 g/mol. The standard InChI is InChI=1S/C10H13Cl2N3O2/c1-5-7(8(16)14-13-5)15-17-4-6-9(2,3)10(6,11)12/h5-6H,4H2,1-3H3. The van der Waals surface area contributed by atoms with Gasteiger partial charge in [0.25, 0.3) is 0 Å². The Bertz CT molecular complexity index is 404. The van der Waals surface area contributed by atoms with E-state index in [0.717, 1.165) is 0 Å². The van der Waals surface area contributed by atoms with Gasteiger partial charge in [0.1, 0.15) is 17.0 Å². The zero-order valence-electron chi connectivity index (χ0n) is 9.78. The Morgan fingerprint density at radius 1 is 1.47 bits per heavy atom. The van der Waals surface area contributed by atoms with Crippen LogP contribution in [0.15, 0.2) is 15.4 Å². The molecule has 0 aromatic rings. The molecule has 1 saturated carbocycles. The number of carbonyl (C=O) groups is 1. The molecule has 0 N–H and O–H groups in total. The second-order valence-electron chi connectivity index (χ2n) is 4.87. The summed E-state index contributed by atoms with van der Waals surface area (Å²) < 4.78 is -0.784. The Labute approximate surface area is 109 Å². The maximum atomic E-state index is 11.2. The van der Waals surface area contributed by atoms with Crippen LogP contribution in [-0.2, 0) is 9.63 Å². The Balaban J connectivity index is 1.90. The molecule has 94 valence electrons. The third kappa shape index (κ3) is 1.95. The first-order valence-electron chi connectivity index (χ1n) is 5.31. The molecule has 1 aliphatic heterocycles. The van der Waals surface area contributed by atoms with Gasteiger partial charge in [0.05, 0.1) is 0 Å². The summed E-state index contributed by atoms with van der Waals surface area (Å²) in [5, 5.41) is 10.8. The van der Waals surface area contributed by atoms with Gasteiger partial charge in [0.15, 0.2) is 5.71 Å². The number of hydrogen-bond acceptors (Lipinski definition) is 4. The predicted octanol–water partition coefficient (Wildman–Crippen LogP) is 2.57. The number of azo groups is 1. The van der Waals surface area contributed by atoms with Crippen molar-refractivity contribution in [2.45, 2.75) is 31.1 Å². The highest BCUT2D eigenvalue weighted by Crippen LogP contribution is 2.68. The molecule has 2 atom stereocenters. The minimum absolute atomic E-state index is 0.00312. The van der Waals surface area contributed by atoms with E-state index in [1.807, 2.05) is 13.8 Å². The highest BCUT2D eigenvalue weighted by atomic mass is 35.5. The molecule has 17 heavy (non-hydrogen) atoms. The van der Waals surface area contributed by atoms with Crippen molar-refractivity contribution < 1.29 is 9.63 Å². The SMILES string of the molecule is CC1N=NC(=O)C1=NOCC1C(C)(C)C1(Cl)Cl. The summed E-state index contributed by atoms with van der Waals surface area (Å²) in [6.07, 6.45) is 0. The zero-order valence-corrected chi connectivity index (χ0v) is 11.3. The van der Waals surface area contributed by atoms with Gasteiger partial charge in [-0.15, -0.1) is 28.3 Å². The molecule has 1 aliphatic carbocycles. The van der Waals surface area contributed by atoms with Crippen molar-refractivity contribution in [2.75, 3.05) is 6.61 Å². The van der Waals surface area contributed by atoms with E-state index in [4.69, 9.17) is 28.0 Å². The molecule has 1 heterocycles. The first-order valence-corrected chi connectivity index (χ1v) is 6.07. The van der Waals surface area contributed by atoms with E-state index in [0.29, 0.717) is 0 Å². The average Bonchev–Trinajstić information content (AvgIpc) is 2.51. The monoisotopic (exact) mass is 277 g/mol. The van der Waals surface area contributed by atoms with Gasteiger partial charge < -0.3 is 4.84 Å². The summed E-state index contributed by atoms with van der Waals surface area (Å²) in [5.41, 5.74) is 0.0225. The molecule has 5 nitrogen and oxygen atoms in total. The van der Waals surface area contributed by atoms with Crippen molar-refractivity contribution in [1.29, 1.82) is 0 Å². The summed E-state index contributed by atoms with van der Waals surface area (Å²) in [5.74, 6) is -0.445. The highest BCUT2D eigenvalue weighted by Gasteiger charge is 2.70. The Kier molecular flexibility index (Phi) is 2.94. The topological polar surface area (TPSA) is 63.4 Å². The summed E-state index contributed by atoms with van der Waals surface area (Å²) >= 11 is 12.2. The minimum atomic E-state index is -0.784. The van der Waals surface area contributed by atoms with Crippen LogP contribution in [0.25, 0.3) is 0 Å². The van der Waals surface area contributed by atoms with Crippen molar-refractivity contribution >= 4 is 34.8 Å². The lowest BCUT2D eigenvalue weighted by Gasteiger charge is -2.01. The van der Waals surface area contributed by atoms with Crippen molar-refractivity contribution in [2.24, 2.45) is 26.7 Å². The number of alkyl halides is 2. The largest absolute Gasteiger partial charge is 0.395 e. The number of oxime groups is 1. The maximum absolute atomic E-state index is 11.2. The van der Waals surface area contributed by atoms with Crippen molar-refractivity contribution in [1.82, 2.24) is 0 Å². The lowest BCUT2D eigenvalue weighted by atomic mass is 10.1. The van der Waals surface area contributed by atoms with Crippen LogP contribution in [0.5, 0.6) is 0 Å². The Morgan fingerprint density at radius 2 is 2.06 bits per heavy atom. The van der Waals surface area contributed by atoms with Crippen LogP contribution >= 0.6 is 23.2 Å². The molecule has 7 heteroatoms. The molecule has 1 fully saturated rings. The molecule has 2 rings (SSSR count). The van der Waals surface area contributed by atoms with Crippen LogP contribution in [0, 0.1) is 11.3 Å². The molecule has 0 radical (unpaired) electrons. The highest BCUT2D eigenvalue weighted by molar-refractivity contribution is 6.51. The van der Waals surface area contributed by atoms with E-state index < -0.39 is 10.2 Å². The van der Waals surface area contributed by atoms with Gasteiger partial charge in [0, 0.05) is 11.3 Å². The molecule has 1 amide bonds. The fraction of sp³-hybridized carbons (Fsp3) is 0.800. The maximum Gasteiger partial charge on any atom is 0.315 e. The number of amides is 1. The first kappa shape index (κ1) is 12.8. The number of hydrogen-bond donors (Lipinski definition) is 0. The molecule has 0 aromatic heterocycles. The quantitative estimate of drug-likeness (QED) is 0.588. The summed E-state index contributed by atoms with van der Waals surface area (Å²) in [6.45, 7) is 5.93. The third-order valence-electron chi connectivity index (χ3n) is 3.43. The van der Waals surface area contributed by atoms with Gasteiger partial charge >= 0.3 is 5.91 Å². The predicted molar refractivity (Wildman–Crippen MR) is 64.4 cm³/mol. The molecule has 2 aliphatic rings. The van der Waals surface area contributed by atoms with Crippen LogP contribution in [0.2, 0.25) is 0 Å². The zero-order chi connectivity index (χ0) is 12.8. The van der Waals surface area contributed by atoms with Gasteiger partial charge in [-0.2, -0.15) is 5.11 Å². The van der Waals surface area contributed by atoms with Crippen LogP contribution in [0.3, 0.4) is 0 Å². The number of carbonyl (C=O) groups excluding carboxylic acids is 1. The molecule has 0 spiro atoms. The van der Waals surface area contributed by atoms with Crippen molar-refractivity contribution in [3.63, 3.8) is 0 Å². The summed E-state index contributed by atoms with van der Waals surface area (Å²) in [7, 11) is 0. The first-order chi connectivity index (χ1) is 7.78. The van der Waals surface area contributed by atoms with E-state index in [-0.39, 0.29) is 29.7 Å². The molecule has 0 saturated heterocycles. The van der Waals surface area contributed by atoms with E-state index in [9.17, 15) is 4.79 Å². The van der Waals surface area contributed by atoms with Gasteiger partial charge in [-0.1, -0.05) is 19.0 Å². The van der Waals surface area contributed by atoms with Crippen molar-refractivity contribution in [3.05, 3.63) is 0 Å². The fourth-order valence-electron chi connectivity index (χ4n) is 1.79. The minimum Gasteiger partial charge on any atom is -0.395 e. The molecular weight excluding hydrogens is 265 g/mol. The van der Waals surface area contributed by atoms with Crippen LogP contribution < -0.4 is 0 Å². The Hall–Kier alpha value is -0.680. The van der Waals surface area contributed by atoms with Gasteiger partial charge in [-0.3, -0.25) is 4.79 Å². The smallest absolute Gasteiger partial charge is 0.315 e. The third-order valence-corrected chi connectivity index (χ3v) is 4.93. The van der Waals surface area contributed by atoms with Gasteiger partial charge in [-0.25, -0.2) is 0 Å². The lowest BCUT2D eigenvalue weighted by molar-refractivity contribution is -0.112. The second-order valence-corrected chi connectivity index (χ2v) is 6.25. The number of rotatable bonds is 3. The van der Waals surface area contributed by atoms with E-state index >= 15 is 0 Å². The number of halogens is 2. The van der Waals surface area contributed by atoms with Crippen LogP contribution in [0.4, 0.5) is 0 Å². The Morgan fingerprint density at radius 3 is 2.47 bits per heavy atom. The van der Waals surface area contributed by atoms with Gasteiger partial charge in [0.2, 0.25) is 0 Å². The van der Waals surface area contributed by atoms with E-state index in [1.54, 1.807) is 6.92 Å². The van der Waals surface area contributed by atoms with Crippen LogP contribution in [0.1, 0.15) is 20.8 Å². The second kappa shape index (κ2) is 3.92.